The summed E-state index contributed by atoms with van der Waals surface area (Å²) in [5.74, 6) is -2.03. The maximum Gasteiger partial charge on any atom is 0.326 e. The van der Waals surface area contributed by atoms with E-state index in [0.717, 1.165) is 6.26 Å². The summed E-state index contributed by atoms with van der Waals surface area (Å²) in [6.07, 6.45) is 1.54. The van der Waals surface area contributed by atoms with Gasteiger partial charge in [-0.15, -0.1) is 0 Å². The van der Waals surface area contributed by atoms with Crippen molar-refractivity contribution in [1.29, 1.82) is 0 Å². The second-order valence-electron chi connectivity index (χ2n) is 5.58. The van der Waals surface area contributed by atoms with Gasteiger partial charge in [0.1, 0.15) is 6.04 Å². The number of sulfonamides is 1. The Balaban J connectivity index is 2.79. The Hall–Kier alpha value is -1.15. The zero-order chi connectivity index (χ0) is 15.7. The van der Waals surface area contributed by atoms with E-state index in [1.807, 2.05) is 0 Å². The van der Waals surface area contributed by atoms with E-state index >= 15 is 0 Å². The van der Waals surface area contributed by atoms with Crippen LogP contribution in [0.2, 0.25) is 0 Å². The molecular formula is C12H22N2O5S. The number of carboxylic acids is 1. The molecule has 20 heavy (non-hydrogen) atoms. The highest BCUT2D eigenvalue weighted by molar-refractivity contribution is 7.88. The minimum atomic E-state index is -3.30. The number of carbonyl (C=O) groups is 2. The monoisotopic (exact) mass is 306 g/mol. The predicted octanol–water partition coefficient (Wildman–Crippen LogP) is -0.164. The third-order valence-corrected chi connectivity index (χ3v) is 4.89. The fourth-order valence-electron chi connectivity index (χ4n) is 2.55. The fourth-order valence-corrected chi connectivity index (χ4v) is 3.44. The largest absolute Gasteiger partial charge is 0.480 e. The van der Waals surface area contributed by atoms with Crippen molar-refractivity contribution in [2.45, 2.75) is 26.3 Å². The molecule has 1 unspecified atom stereocenters. The van der Waals surface area contributed by atoms with Crippen LogP contribution in [0.4, 0.5) is 0 Å². The number of nitrogens with zero attached hydrogens (tertiary/aromatic N) is 2. The number of rotatable bonds is 5. The molecule has 0 aromatic heterocycles. The van der Waals surface area contributed by atoms with Crippen LogP contribution in [0.3, 0.4) is 0 Å². The normalized spacial score (nSPS) is 21.9. The topological polar surface area (TPSA) is 95.0 Å². The molecule has 0 saturated carbocycles. The van der Waals surface area contributed by atoms with Gasteiger partial charge in [0.05, 0.1) is 12.2 Å². The highest BCUT2D eigenvalue weighted by atomic mass is 32.2. The maximum absolute atomic E-state index is 12.3. The summed E-state index contributed by atoms with van der Waals surface area (Å²) in [7, 11) is -1.84. The quantitative estimate of drug-likeness (QED) is 0.761. The zero-order valence-corrected chi connectivity index (χ0v) is 13.1. The van der Waals surface area contributed by atoms with Crippen LogP contribution in [0.25, 0.3) is 0 Å². The minimum Gasteiger partial charge on any atom is -0.480 e. The summed E-state index contributed by atoms with van der Waals surface area (Å²) in [4.78, 5) is 24.8. The van der Waals surface area contributed by atoms with E-state index in [1.165, 1.54) is 16.3 Å². The van der Waals surface area contributed by atoms with E-state index in [0.29, 0.717) is 13.0 Å². The van der Waals surface area contributed by atoms with Gasteiger partial charge in [-0.2, -0.15) is 0 Å². The van der Waals surface area contributed by atoms with Crippen LogP contribution in [-0.4, -0.2) is 67.0 Å². The van der Waals surface area contributed by atoms with Gasteiger partial charge in [-0.1, -0.05) is 13.8 Å². The highest BCUT2D eigenvalue weighted by Gasteiger charge is 2.38. The van der Waals surface area contributed by atoms with Crippen LogP contribution < -0.4 is 0 Å². The van der Waals surface area contributed by atoms with Crippen LogP contribution in [0, 0.1) is 11.8 Å². The lowest BCUT2D eigenvalue weighted by Gasteiger charge is -2.29. The lowest BCUT2D eigenvalue weighted by molar-refractivity contribution is -0.152. The lowest BCUT2D eigenvalue weighted by Crippen LogP contribution is -2.48. The Bertz CT molecular complexity index is 488. The second kappa shape index (κ2) is 6.09. The number of aliphatic carboxylic acids is 1. The number of hydrogen-bond donors (Lipinski definition) is 1. The molecule has 0 aliphatic carbocycles. The van der Waals surface area contributed by atoms with Gasteiger partial charge in [-0.05, 0) is 12.3 Å². The molecule has 1 aliphatic rings. The third-order valence-electron chi connectivity index (χ3n) is 3.62. The van der Waals surface area contributed by atoms with Crippen LogP contribution in [0.1, 0.15) is 20.3 Å². The van der Waals surface area contributed by atoms with Crippen LogP contribution in [0.15, 0.2) is 0 Å². The van der Waals surface area contributed by atoms with Gasteiger partial charge in [0, 0.05) is 20.1 Å². The van der Waals surface area contributed by atoms with Gasteiger partial charge < -0.3 is 10.0 Å². The number of carbonyl (C=O) groups excluding carboxylic acids is 1. The summed E-state index contributed by atoms with van der Waals surface area (Å²) >= 11 is 0. The highest BCUT2D eigenvalue weighted by Crippen LogP contribution is 2.22. The summed E-state index contributed by atoms with van der Waals surface area (Å²) in [6, 6.07) is -0.894. The molecule has 1 aliphatic heterocycles. The van der Waals surface area contributed by atoms with E-state index < -0.39 is 28.0 Å². The van der Waals surface area contributed by atoms with Gasteiger partial charge in [0.2, 0.25) is 15.9 Å². The van der Waals surface area contributed by atoms with E-state index in [-0.39, 0.29) is 18.4 Å². The predicted molar refractivity (Wildman–Crippen MR) is 73.6 cm³/mol. The third kappa shape index (κ3) is 3.69. The Kier molecular flexibility index (Phi) is 5.15. The van der Waals surface area contributed by atoms with E-state index in [2.05, 4.69) is 0 Å². The van der Waals surface area contributed by atoms with Gasteiger partial charge in [0.25, 0.3) is 0 Å². The van der Waals surface area contributed by atoms with Crippen LogP contribution >= 0.6 is 0 Å². The molecule has 0 bridgehead atoms. The maximum atomic E-state index is 12.3. The van der Waals surface area contributed by atoms with E-state index in [9.17, 15) is 23.1 Å². The Morgan fingerprint density at radius 1 is 1.35 bits per heavy atom. The van der Waals surface area contributed by atoms with E-state index in [1.54, 1.807) is 13.8 Å². The summed E-state index contributed by atoms with van der Waals surface area (Å²) in [6.45, 7) is 3.91. The van der Waals surface area contributed by atoms with Crippen molar-refractivity contribution in [1.82, 2.24) is 9.21 Å². The molecule has 1 rings (SSSR count). The first-order valence-corrected chi connectivity index (χ1v) is 8.35. The molecule has 8 heteroatoms. The Morgan fingerprint density at radius 3 is 2.25 bits per heavy atom. The molecule has 1 heterocycles. The van der Waals surface area contributed by atoms with E-state index in [4.69, 9.17) is 0 Å². The average molecular weight is 306 g/mol. The van der Waals surface area contributed by atoms with Crippen molar-refractivity contribution in [2.75, 3.05) is 26.4 Å². The van der Waals surface area contributed by atoms with Gasteiger partial charge in [-0.3, -0.25) is 4.79 Å². The number of likely N-dealkylation sites (N-methyl/N-ethyl adjacent to an activating group) is 1. The summed E-state index contributed by atoms with van der Waals surface area (Å²) in [5.41, 5.74) is 0. The first-order chi connectivity index (χ1) is 9.05. The number of hydrogen-bond acceptors (Lipinski definition) is 4. The first-order valence-electron chi connectivity index (χ1n) is 6.50. The molecule has 0 aromatic rings. The molecule has 0 spiro atoms. The van der Waals surface area contributed by atoms with Gasteiger partial charge >= 0.3 is 5.97 Å². The molecule has 116 valence electrons. The molecule has 1 fully saturated rings. The first kappa shape index (κ1) is 16.9. The fraction of sp³-hybridized carbons (Fsp3) is 0.833. The smallest absolute Gasteiger partial charge is 0.326 e. The minimum absolute atomic E-state index is 0.131. The van der Waals surface area contributed by atoms with Crippen molar-refractivity contribution in [3.63, 3.8) is 0 Å². The molecule has 1 amide bonds. The molecule has 1 N–H and O–H groups in total. The second-order valence-corrected chi connectivity index (χ2v) is 7.57. The van der Waals surface area contributed by atoms with Crippen molar-refractivity contribution < 1.29 is 23.1 Å². The standard InChI is InChI=1S/C12H22N2O5S/c1-8(2)10(12(16)17)13(3)11(15)9-5-6-14(7-9)20(4,18)19/h8-10H,5-7H2,1-4H3,(H,16,17)/t9-,10?/m0/s1. The number of carboxylic acid groups (broad SMARTS) is 1. The van der Waals surface area contributed by atoms with Crippen LogP contribution in [0.5, 0.6) is 0 Å². The lowest BCUT2D eigenvalue weighted by atomic mass is 10.0. The van der Waals surface area contributed by atoms with Gasteiger partial charge in [-0.25, -0.2) is 17.5 Å². The Labute approximate surface area is 119 Å². The molecule has 0 aromatic carbocycles. The molecule has 7 nitrogen and oxygen atoms in total. The zero-order valence-electron chi connectivity index (χ0n) is 12.2. The summed E-state index contributed by atoms with van der Waals surface area (Å²) < 4.78 is 24.1. The van der Waals surface area contributed by atoms with Crippen molar-refractivity contribution in [3.8, 4) is 0 Å². The van der Waals surface area contributed by atoms with Crippen molar-refractivity contribution >= 4 is 21.9 Å². The number of amides is 1. The van der Waals surface area contributed by atoms with Gasteiger partial charge in [0.15, 0.2) is 0 Å². The summed E-state index contributed by atoms with van der Waals surface area (Å²) in [5, 5.41) is 9.19. The van der Waals surface area contributed by atoms with Crippen molar-refractivity contribution in [3.05, 3.63) is 0 Å². The molecule has 2 atom stereocenters. The molecule has 1 saturated heterocycles. The molecular weight excluding hydrogens is 284 g/mol. The average Bonchev–Trinajstić information content (AvgIpc) is 2.75. The molecule has 0 radical (unpaired) electrons. The SMILES string of the molecule is CC(C)C(C(=O)O)N(C)C(=O)[C@H]1CCN(S(C)(=O)=O)C1. The van der Waals surface area contributed by atoms with Crippen LogP contribution in [-0.2, 0) is 19.6 Å². The van der Waals surface area contributed by atoms with Crippen molar-refractivity contribution in [2.24, 2.45) is 11.8 Å². The Morgan fingerprint density at radius 2 is 1.90 bits per heavy atom.